The van der Waals surface area contributed by atoms with Crippen LogP contribution in [0.4, 0.5) is 4.79 Å². The maximum atomic E-state index is 12.0. The van der Waals surface area contributed by atoms with E-state index in [9.17, 15) is 4.79 Å². The quantitative estimate of drug-likeness (QED) is 0.797. The zero-order chi connectivity index (χ0) is 12.1. The minimum atomic E-state index is 0.141. The third-order valence-electron chi connectivity index (χ3n) is 3.27. The fourth-order valence-corrected chi connectivity index (χ4v) is 2.35. The summed E-state index contributed by atoms with van der Waals surface area (Å²) in [4.78, 5) is 15.7. The molecule has 0 atom stereocenters. The molecule has 4 nitrogen and oxygen atoms in total. The normalized spacial score (nSPS) is 25.2. The highest BCUT2D eigenvalue weighted by Crippen LogP contribution is 2.23. The lowest BCUT2D eigenvalue weighted by Gasteiger charge is -2.37. The van der Waals surface area contributed by atoms with Crippen molar-refractivity contribution in [3.8, 4) is 0 Å². The molecule has 0 saturated heterocycles. The Morgan fingerprint density at radius 1 is 1.25 bits per heavy atom. The van der Waals surface area contributed by atoms with Crippen molar-refractivity contribution in [1.29, 1.82) is 0 Å². The zero-order valence-corrected chi connectivity index (χ0v) is 10.8. The third kappa shape index (κ3) is 3.37. The molecule has 0 unspecified atom stereocenters. The fourth-order valence-electron chi connectivity index (χ4n) is 2.35. The fraction of sp³-hybridized carbons (Fsp3) is 0.917. The second-order valence-corrected chi connectivity index (χ2v) is 4.94. The first kappa shape index (κ1) is 13.3. The van der Waals surface area contributed by atoms with E-state index in [4.69, 9.17) is 5.73 Å². The average molecular weight is 227 g/mol. The molecule has 0 aliphatic heterocycles. The number of rotatable bonds is 3. The van der Waals surface area contributed by atoms with Gasteiger partial charge in [0.25, 0.3) is 0 Å². The number of nitrogens with zero attached hydrogens (tertiary/aromatic N) is 2. The van der Waals surface area contributed by atoms with Crippen LogP contribution in [0.5, 0.6) is 0 Å². The lowest BCUT2D eigenvalue weighted by atomic mass is 9.91. The number of carbonyl (C=O) groups is 1. The molecule has 0 bridgehead atoms. The van der Waals surface area contributed by atoms with E-state index in [1.54, 1.807) is 4.90 Å². The van der Waals surface area contributed by atoms with E-state index in [0.717, 1.165) is 38.6 Å². The highest BCUT2D eigenvalue weighted by Gasteiger charge is 2.27. The van der Waals surface area contributed by atoms with Gasteiger partial charge in [-0.1, -0.05) is 6.92 Å². The smallest absolute Gasteiger partial charge is 0.319 e. The molecule has 2 amide bonds. The minimum Gasteiger partial charge on any atom is -0.331 e. The summed E-state index contributed by atoms with van der Waals surface area (Å²) in [6.45, 7) is 2.97. The monoisotopic (exact) mass is 227 g/mol. The van der Waals surface area contributed by atoms with Gasteiger partial charge in [-0.3, -0.25) is 0 Å². The number of hydrogen-bond donors (Lipinski definition) is 1. The molecule has 0 aromatic heterocycles. The lowest BCUT2D eigenvalue weighted by Crippen LogP contribution is -2.48. The van der Waals surface area contributed by atoms with Crippen molar-refractivity contribution in [3.63, 3.8) is 0 Å². The second-order valence-electron chi connectivity index (χ2n) is 4.94. The van der Waals surface area contributed by atoms with Crippen LogP contribution >= 0.6 is 0 Å². The van der Waals surface area contributed by atoms with E-state index in [2.05, 4.69) is 6.92 Å². The van der Waals surface area contributed by atoms with Crippen LogP contribution in [0, 0.1) is 0 Å². The summed E-state index contributed by atoms with van der Waals surface area (Å²) in [5, 5.41) is 0. The number of hydrogen-bond acceptors (Lipinski definition) is 2. The van der Waals surface area contributed by atoms with E-state index in [1.165, 1.54) is 0 Å². The van der Waals surface area contributed by atoms with Crippen LogP contribution in [0.1, 0.15) is 39.0 Å². The highest BCUT2D eigenvalue weighted by molar-refractivity contribution is 5.74. The van der Waals surface area contributed by atoms with E-state index < -0.39 is 0 Å². The van der Waals surface area contributed by atoms with Crippen molar-refractivity contribution >= 4 is 6.03 Å². The first-order valence-corrected chi connectivity index (χ1v) is 6.29. The third-order valence-corrected chi connectivity index (χ3v) is 3.27. The maximum absolute atomic E-state index is 12.0. The van der Waals surface area contributed by atoms with Crippen LogP contribution < -0.4 is 5.73 Å². The summed E-state index contributed by atoms with van der Waals surface area (Å²) >= 11 is 0. The van der Waals surface area contributed by atoms with Crippen LogP contribution in [0.2, 0.25) is 0 Å². The molecule has 1 rings (SSSR count). The van der Waals surface area contributed by atoms with Crippen LogP contribution in [0.25, 0.3) is 0 Å². The molecule has 0 radical (unpaired) electrons. The van der Waals surface area contributed by atoms with Gasteiger partial charge in [0.1, 0.15) is 0 Å². The molecule has 0 aromatic carbocycles. The Balaban J connectivity index is 2.59. The summed E-state index contributed by atoms with van der Waals surface area (Å²) < 4.78 is 0. The Kier molecular flexibility index (Phi) is 5.06. The van der Waals surface area contributed by atoms with Crippen LogP contribution in [0.15, 0.2) is 0 Å². The van der Waals surface area contributed by atoms with Crippen molar-refractivity contribution < 1.29 is 4.79 Å². The first-order chi connectivity index (χ1) is 7.56. The number of carbonyl (C=O) groups excluding carboxylic acids is 1. The van der Waals surface area contributed by atoms with Crippen molar-refractivity contribution in [2.24, 2.45) is 5.73 Å². The largest absolute Gasteiger partial charge is 0.331 e. The predicted octanol–water partition coefficient (Wildman–Crippen LogP) is 1.65. The Hall–Kier alpha value is -0.770. The molecule has 2 N–H and O–H groups in total. The van der Waals surface area contributed by atoms with Crippen molar-refractivity contribution in [3.05, 3.63) is 0 Å². The molecule has 94 valence electrons. The summed E-state index contributed by atoms with van der Waals surface area (Å²) in [6, 6.07) is 0.881. The summed E-state index contributed by atoms with van der Waals surface area (Å²) in [6.07, 6.45) is 5.22. The molecular weight excluding hydrogens is 202 g/mol. The molecule has 0 aromatic rings. The SMILES string of the molecule is CCCN(C(=O)N(C)C)C1CCC(N)CC1. The summed E-state index contributed by atoms with van der Waals surface area (Å²) in [5.41, 5.74) is 5.89. The zero-order valence-electron chi connectivity index (χ0n) is 10.8. The van der Waals surface area contributed by atoms with Gasteiger partial charge in [-0.2, -0.15) is 0 Å². The maximum Gasteiger partial charge on any atom is 0.319 e. The van der Waals surface area contributed by atoms with E-state index in [0.29, 0.717) is 12.1 Å². The second kappa shape index (κ2) is 6.09. The Morgan fingerprint density at radius 2 is 1.81 bits per heavy atom. The van der Waals surface area contributed by atoms with Gasteiger partial charge < -0.3 is 15.5 Å². The van der Waals surface area contributed by atoms with Gasteiger partial charge in [0.15, 0.2) is 0 Å². The van der Waals surface area contributed by atoms with Crippen molar-refractivity contribution in [1.82, 2.24) is 9.80 Å². The highest BCUT2D eigenvalue weighted by atomic mass is 16.2. The number of amides is 2. The Morgan fingerprint density at radius 3 is 2.25 bits per heavy atom. The lowest BCUT2D eigenvalue weighted by molar-refractivity contribution is 0.130. The molecule has 1 aliphatic rings. The Bertz CT molecular complexity index is 222. The molecule has 1 fully saturated rings. The first-order valence-electron chi connectivity index (χ1n) is 6.29. The van der Waals surface area contributed by atoms with Crippen molar-refractivity contribution in [2.45, 2.75) is 51.1 Å². The topological polar surface area (TPSA) is 49.6 Å². The van der Waals surface area contributed by atoms with Gasteiger partial charge in [0.2, 0.25) is 0 Å². The summed E-state index contributed by atoms with van der Waals surface area (Å²) in [7, 11) is 3.64. The molecule has 1 aliphatic carbocycles. The van der Waals surface area contributed by atoms with Gasteiger partial charge in [-0.05, 0) is 32.1 Å². The Labute approximate surface area is 98.8 Å². The van der Waals surface area contributed by atoms with Gasteiger partial charge in [-0.15, -0.1) is 0 Å². The van der Waals surface area contributed by atoms with Crippen LogP contribution in [0.3, 0.4) is 0 Å². The van der Waals surface area contributed by atoms with Gasteiger partial charge in [0.05, 0.1) is 0 Å². The van der Waals surface area contributed by atoms with E-state index in [-0.39, 0.29) is 6.03 Å². The molecular formula is C12H25N3O. The molecule has 1 saturated carbocycles. The average Bonchev–Trinajstić information content (AvgIpc) is 2.26. The summed E-state index contributed by atoms with van der Waals surface area (Å²) in [5.74, 6) is 0. The van der Waals surface area contributed by atoms with Gasteiger partial charge >= 0.3 is 6.03 Å². The van der Waals surface area contributed by atoms with Crippen LogP contribution in [-0.2, 0) is 0 Å². The van der Waals surface area contributed by atoms with Gasteiger partial charge in [0, 0.05) is 32.7 Å². The molecule has 0 heterocycles. The van der Waals surface area contributed by atoms with Crippen molar-refractivity contribution in [2.75, 3.05) is 20.6 Å². The van der Waals surface area contributed by atoms with E-state index >= 15 is 0 Å². The minimum absolute atomic E-state index is 0.141. The molecule has 0 spiro atoms. The molecule has 16 heavy (non-hydrogen) atoms. The standard InChI is InChI=1S/C12H25N3O/c1-4-9-15(12(16)14(2)3)11-7-5-10(13)6-8-11/h10-11H,4-9,13H2,1-3H3. The molecule has 4 heteroatoms. The number of urea groups is 1. The number of nitrogens with two attached hydrogens (primary N) is 1. The van der Waals surface area contributed by atoms with E-state index in [1.807, 2.05) is 19.0 Å². The van der Waals surface area contributed by atoms with Crippen LogP contribution in [-0.4, -0.2) is 48.6 Å². The predicted molar refractivity (Wildman–Crippen MR) is 66.3 cm³/mol. The van der Waals surface area contributed by atoms with Gasteiger partial charge in [-0.25, -0.2) is 4.79 Å².